The molecule has 1 aromatic heterocycles. The first kappa shape index (κ1) is 25.9. The number of nitriles is 1. The molecule has 0 N–H and O–H groups in total. The van der Waals surface area contributed by atoms with Crippen molar-refractivity contribution in [3.8, 4) is 29.0 Å². The lowest BCUT2D eigenvalue weighted by Crippen LogP contribution is -2.33. The standard InChI is InChI=1S/C27H31FN4O3/c1-6-20(16-29)23(28)15-18(2)25-24(21-7-9-22(34-5)10-8-21)26(33)32(4)27(30-25)35-17-19-11-13-31(3)14-12-19/h6-10,15,19H,1,11-14,17H2,2-5H3/b18-15+,23-20-. The van der Waals surface area contributed by atoms with Crippen molar-refractivity contribution in [3.63, 3.8) is 0 Å². The topological polar surface area (TPSA) is 80.4 Å². The van der Waals surface area contributed by atoms with E-state index in [0.717, 1.165) is 32.0 Å². The van der Waals surface area contributed by atoms with Crippen LogP contribution < -0.4 is 15.0 Å². The Morgan fingerprint density at radius 2 is 1.94 bits per heavy atom. The first-order valence-corrected chi connectivity index (χ1v) is 11.5. The molecule has 7 nitrogen and oxygen atoms in total. The van der Waals surface area contributed by atoms with Crippen LogP contribution in [0.3, 0.4) is 0 Å². The van der Waals surface area contributed by atoms with Crippen molar-refractivity contribution in [1.82, 2.24) is 14.5 Å². The van der Waals surface area contributed by atoms with E-state index in [-0.39, 0.29) is 22.8 Å². The molecule has 0 saturated carbocycles. The van der Waals surface area contributed by atoms with E-state index in [2.05, 4.69) is 23.5 Å². The Morgan fingerprint density at radius 3 is 2.51 bits per heavy atom. The average molecular weight is 479 g/mol. The monoisotopic (exact) mass is 478 g/mol. The summed E-state index contributed by atoms with van der Waals surface area (Å²) in [6.45, 7) is 7.57. The molecule has 0 amide bonds. The summed E-state index contributed by atoms with van der Waals surface area (Å²) in [5, 5.41) is 9.14. The lowest BCUT2D eigenvalue weighted by Gasteiger charge is -2.28. The SMILES string of the molecule is C=C/C(C#N)=C(F)\C=C(/C)c1nc(OCC2CCN(C)CC2)n(C)c(=O)c1-c1ccc(OC)cc1. The fraction of sp³-hybridized carbons (Fsp3) is 0.370. The normalized spacial score (nSPS) is 15.8. The lowest BCUT2D eigenvalue weighted by molar-refractivity contribution is 0.149. The van der Waals surface area contributed by atoms with Crippen molar-refractivity contribution in [2.24, 2.45) is 13.0 Å². The van der Waals surface area contributed by atoms with Gasteiger partial charge in [0, 0.05) is 7.05 Å². The molecule has 0 spiro atoms. The molecule has 35 heavy (non-hydrogen) atoms. The molecule has 2 aromatic rings. The maximum Gasteiger partial charge on any atom is 0.299 e. The minimum Gasteiger partial charge on any atom is -0.497 e. The number of ether oxygens (including phenoxy) is 2. The van der Waals surface area contributed by atoms with Crippen LogP contribution in [0.1, 0.15) is 25.5 Å². The van der Waals surface area contributed by atoms with Crippen LogP contribution in [-0.4, -0.2) is 48.3 Å². The summed E-state index contributed by atoms with van der Waals surface area (Å²) in [5.41, 5.74) is 1.06. The molecule has 1 aliphatic rings. The van der Waals surface area contributed by atoms with Crippen LogP contribution >= 0.6 is 0 Å². The number of aromatic nitrogens is 2. The van der Waals surface area contributed by atoms with Crippen LogP contribution in [0, 0.1) is 17.2 Å². The highest BCUT2D eigenvalue weighted by molar-refractivity contribution is 5.79. The summed E-state index contributed by atoms with van der Waals surface area (Å²) in [7, 11) is 5.27. The van der Waals surface area contributed by atoms with Crippen LogP contribution in [0.4, 0.5) is 4.39 Å². The number of benzene rings is 1. The van der Waals surface area contributed by atoms with Gasteiger partial charge in [-0.25, -0.2) is 4.39 Å². The Balaban J connectivity index is 2.09. The van der Waals surface area contributed by atoms with Gasteiger partial charge in [-0.1, -0.05) is 18.7 Å². The van der Waals surface area contributed by atoms with Gasteiger partial charge in [0.25, 0.3) is 11.6 Å². The molecule has 0 atom stereocenters. The number of hydrogen-bond donors (Lipinski definition) is 0. The molecule has 0 bridgehead atoms. The number of hydrogen-bond acceptors (Lipinski definition) is 6. The zero-order chi connectivity index (χ0) is 25.5. The second-order valence-corrected chi connectivity index (χ2v) is 8.67. The summed E-state index contributed by atoms with van der Waals surface area (Å²) in [6.07, 6.45) is 4.36. The van der Waals surface area contributed by atoms with E-state index in [9.17, 15) is 9.18 Å². The van der Waals surface area contributed by atoms with Gasteiger partial charge in [0.15, 0.2) is 0 Å². The second-order valence-electron chi connectivity index (χ2n) is 8.67. The Morgan fingerprint density at radius 1 is 1.29 bits per heavy atom. The summed E-state index contributed by atoms with van der Waals surface area (Å²) >= 11 is 0. The van der Waals surface area contributed by atoms with Crippen molar-refractivity contribution in [1.29, 1.82) is 5.26 Å². The van der Waals surface area contributed by atoms with Crippen LogP contribution in [0.2, 0.25) is 0 Å². The minimum absolute atomic E-state index is 0.169. The van der Waals surface area contributed by atoms with Gasteiger partial charge in [0.05, 0.1) is 30.5 Å². The molecule has 1 aliphatic heterocycles. The lowest BCUT2D eigenvalue weighted by atomic mass is 9.98. The van der Waals surface area contributed by atoms with Gasteiger partial charge in [-0.15, -0.1) is 0 Å². The second kappa shape index (κ2) is 11.6. The highest BCUT2D eigenvalue weighted by Gasteiger charge is 2.22. The van der Waals surface area contributed by atoms with Gasteiger partial charge in [-0.05, 0) is 81.2 Å². The molecule has 0 aliphatic carbocycles. The van der Waals surface area contributed by atoms with Gasteiger partial charge >= 0.3 is 0 Å². The molecule has 1 fully saturated rings. The van der Waals surface area contributed by atoms with Crippen LogP contribution in [-0.2, 0) is 7.05 Å². The smallest absolute Gasteiger partial charge is 0.299 e. The zero-order valence-corrected chi connectivity index (χ0v) is 20.7. The number of piperidine rings is 1. The molecule has 2 heterocycles. The van der Waals surface area contributed by atoms with Crippen LogP contribution in [0.5, 0.6) is 11.8 Å². The molecule has 0 radical (unpaired) electrons. The summed E-state index contributed by atoms with van der Waals surface area (Å²) < 4.78 is 27.3. The number of likely N-dealkylation sites (tertiary alicyclic amines) is 1. The van der Waals surface area contributed by atoms with E-state index in [1.54, 1.807) is 51.4 Å². The third-order valence-corrected chi connectivity index (χ3v) is 6.21. The Labute approximate surface area is 205 Å². The van der Waals surface area contributed by atoms with Crippen molar-refractivity contribution in [3.05, 3.63) is 70.4 Å². The van der Waals surface area contributed by atoms with Gasteiger partial charge in [0.2, 0.25) is 0 Å². The van der Waals surface area contributed by atoms with Gasteiger partial charge in [-0.3, -0.25) is 9.36 Å². The third kappa shape index (κ3) is 6.06. The highest BCUT2D eigenvalue weighted by atomic mass is 19.1. The Kier molecular flexibility index (Phi) is 8.61. The fourth-order valence-corrected chi connectivity index (χ4v) is 3.97. The van der Waals surface area contributed by atoms with Crippen LogP contribution in [0.25, 0.3) is 16.7 Å². The van der Waals surface area contributed by atoms with E-state index in [4.69, 9.17) is 14.7 Å². The molecule has 0 unspecified atom stereocenters. The van der Waals surface area contributed by atoms with Gasteiger partial charge in [0.1, 0.15) is 17.6 Å². The quantitative estimate of drug-likeness (QED) is 0.410. The maximum absolute atomic E-state index is 14.7. The molecule has 3 rings (SSSR count). The molecular weight excluding hydrogens is 447 g/mol. The van der Waals surface area contributed by atoms with E-state index in [1.807, 2.05) is 0 Å². The van der Waals surface area contributed by atoms with E-state index in [1.165, 1.54) is 10.6 Å². The summed E-state index contributed by atoms with van der Waals surface area (Å²) in [6, 6.07) is 8.94. The van der Waals surface area contributed by atoms with Crippen molar-refractivity contribution in [2.75, 3.05) is 33.9 Å². The van der Waals surface area contributed by atoms with E-state index < -0.39 is 5.83 Å². The average Bonchev–Trinajstić information content (AvgIpc) is 2.86. The number of nitrogens with zero attached hydrogens (tertiary/aromatic N) is 4. The predicted molar refractivity (Wildman–Crippen MR) is 135 cm³/mol. The van der Waals surface area contributed by atoms with E-state index in [0.29, 0.717) is 35.0 Å². The molecule has 1 saturated heterocycles. The Bertz CT molecular complexity index is 1230. The number of allylic oxidation sites excluding steroid dienone is 5. The van der Waals surface area contributed by atoms with E-state index >= 15 is 0 Å². The van der Waals surface area contributed by atoms with Gasteiger partial charge < -0.3 is 14.4 Å². The van der Waals surface area contributed by atoms with Crippen molar-refractivity contribution < 1.29 is 13.9 Å². The third-order valence-electron chi connectivity index (χ3n) is 6.21. The first-order valence-electron chi connectivity index (χ1n) is 11.5. The molecule has 184 valence electrons. The summed E-state index contributed by atoms with van der Waals surface area (Å²) in [4.78, 5) is 20.4. The zero-order valence-electron chi connectivity index (χ0n) is 20.7. The van der Waals surface area contributed by atoms with Crippen molar-refractivity contribution in [2.45, 2.75) is 19.8 Å². The predicted octanol–water partition coefficient (Wildman–Crippen LogP) is 4.51. The number of halogens is 1. The number of methoxy groups -OCH3 is 1. The highest BCUT2D eigenvalue weighted by Crippen LogP contribution is 2.29. The first-order chi connectivity index (χ1) is 16.8. The van der Waals surface area contributed by atoms with Crippen LogP contribution in [0.15, 0.2) is 59.2 Å². The molecular formula is C27H31FN4O3. The number of rotatable bonds is 8. The van der Waals surface area contributed by atoms with Crippen molar-refractivity contribution >= 4 is 5.57 Å². The fourth-order valence-electron chi connectivity index (χ4n) is 3.97. The molecule has 8 heteroatoms. The largest absolute Gasteiger partial charge is 0.497 e. The Hall–Kier alpha value is -3.70. The molecule has 1 aromatic carbocycles. The van der Waals surface area contributed by atoms with Gasteiger partial charge in [-0.2, -0.15) is 10.2 Å². The minimum atomic E-state index is -0.753. The summed E-state index contributed by atoms with van der Waals surface area (Å²) in [5.74, 6) is 0.261. The maximum atomic E-state index is 14.7.